The van der Waals surface area contributed by atoms with E-state index in [0.717, 1.165) is 5.56 Å². The van der Waals surface area contributed by atoms with Gasteiger partial charge in [0, 0.05) is 6.54 Å². The molecule has 1 fully saturated rings. The highest BCUT2D eigenvalue weighted by atomic mass is 16.6. The first-order chi connectivity index (χ1) is 13.1. The van der Waals surface area contributed by atoms with Crippen molar-refractivity contribution in [2.24, 2.45) is 0 Å². The van der Waals surface area contributed by atoms with Crippen LogP contribution in [0.1, 0.15) is 11.8 Å². The summed E-state index contributed by atoms with van der Waals surface area (Å²) < 4.78 is 7.03. The van der Waals surface area contributed by atoms with Crippen molar-refractivity contribution in [2.45, 2.75) is 31.1 Å². The standard InChI is InChI=1S/C17H19N5O5/c23-6-11-13(25)14(26)17(27-11)22-8-21-12-15(19-7-20-16(12)22)18-5-9-2-1-3-10(24)4-9/h1-4,7-8,11,13-14,17,23-26H,5-6H2,(H,18,19,20)/t11-,13+,14-,17-/m1/s1. The van der Waals surface area contributed by atoms with Crippen LogP contribution in [-0.4, -0.2) is 64.9 Å². The number of hydrogen-bond donors (Lipinski definition) is 5. The maximum atomic E-state index is 10.2. The van der Waals surface area contributed by atoms with Gasteiger partial charge >= 0.3 is 0 Å². The Bertz CT molecular complexity index is 948. The third-order valence-electron chi connectivity index (χ3n) is 4.52. The predicted molar refractivity (Wildman–Crippen MR) is 93.8 cm³/mol. The summed E-state index contributed by atoms with van der Waals surface area (Å²) in [5.41, 5.74) is 1.75. The fourth-order valence-electron chi connectivity index (χ4n) is 3.13. The monoisotopic (exact) mass is 373 g/mol. The van der Waals surface area contributed by atoms with E-state index in [4.69, 9.17) is 4.74 Å². The SMILES string of the molecule is OC[C@H]1O[C@@H](n2cnc3c(NCc4cccc(O)c4)ncnc32)[C@H](O)[C@H]1O. The molecule has 0 amide bonds. The molecule has 4 rings (SSSR count). The summed E-state index contributed by atoms with van der Waals surface area (Å²) in [6.45, 7) is 0.00823. The predicted octanol–water partition coefficient (Wildman–Crippen LogP) is -0.245. The highest BCUT2D eigenvalue weighted by molar-refractivity contribution is 5.82. The van der Waals surface area contributed by atoms with E-state index < -0.39 is 31.1 Å². The molecule has 1 aromatic carbocycles. The van der Waals surface area contributed by atoms with Crippen molar-refractivity contribution in [3.05, 3.63) is 42.5 Å². The van der Waals surface area contributed by atoms with Crippen molar-refractivity contribution in [3.8, 4) is 5.75 Å². The average molecular weight is 373 g/mol. The number of phenols is 1. The zero-order valence-corrected chi connectivity index (χ0v) is 14.2. The van der Waals surface area contributed by atoms with Gasteiger partial charge in [-0.25, -0.2) is 15.0 Å². The van der Waals surface area contributed by atoms with E-state index in [-0.39, 0.29) is 5.75 Å². The third-order valence-corrected chi connectivity index (χ3v) is 4.52. The van der Waals surface area contributed by atoms with E-state index in [0.29, 0.717) is 23.5 Å². The summed E-state index contributed by atoms with van der Waals surface area (Å²) in [6.07, 6.45) is -1.43. The molecule has 0 spiro atoms. The summed E-state index contributed by atoms with van der Waals surface area (Å²) in [6, 6.07) is 6.85. The minimum Gasteiger partial charge on any atom is -0.508 e. The lowest BCUT2D eigenvalue weighted by atomic mass is 10.1. The number of hydrogen-bond acceptors (Lipinski definition) is 9. The van der Waals surface area contributed by atoms with Gasteiger partial charge in [0.15, 0.2) is 23.2 Å². The molecule has 10 heteroatoms. The lowest BCUT2D eigenvalue weighted by Crippen LogP contribution is -2.33. The normalized spacial score (nSPS) is 25.1. The summed E-state index contributed by atoms with van der Waals surface area (Å²) in [4.78, 5) is 12.7. The van der Waals surface area contributed by atoms with E-state index >= 15 is 0 Å². The van der Waals surface area contributed by atoms with Crippen LogP contribution >= 0.6 is 0 Å². The van der Waals surface area contributed by atoms with E-state index in [9.17, 15) is 20.4 Å². The van der Waals surface area contributed by atoms with Crippen LogP contribution < -0.4 is 5.32 Å². The molecule has 0 aliphatic carbocycles. The van der Waals surface area contributed by atoms with Gasteiger partial charge in [-0.1, -0.05) is 12.1 Å². The summed E-state index contributed by atoms with van der Waals surface area (Å²) in [5.74, 6) is 0.657. The number of ether oxygens (including phenoxy) is 1. The van der Waals surface area contributed by atoms with E-state index in [1.54, 1.807) is 18.2 Å². The number of fused-ring (bicyclic) bond motifs is 1. The highest BCUT2D eigenvalue weighted by Gasteiger charge is 2.44. The highest BCUT2D eigenvalue weighted by Crippen LogP contribution is 2.32. The second-order valence-corrected chi connectivity index (χ2v) is 6.30. The van der Waals surface area contributed by atoms with Gasteiger partial charge in [-0.2, -0.15) is 0 Å². The number of imidazole rings is 1. The van der Waals surface area contributed by atoms with Gasteiger partial charge in [-0.3, -0.25) is 4.57 Å². The fourth-order valence-corrected chi connectivity index (χ4v) is 3.13. The Labute approximate surface area is 153 Å². The molecule has 2 aromatic heterocycles. The Kier molecular flexibility index (Phi) is 4.62. The lowest BCUT2D eigenvalue weighted by molar-refractivity contribution is -0.0511. The Morgan fingerprint density at radius 1 is 1.15 bits per heavy atom. The molecule has 1 saturated heterocycles. The number of nitrogens with zero attached hydrogens (tertiary/aromatic N) is 4. The van der Waals surface area contributed by atoms with Crippen LogP contribution in [0.5, 0.6) is 5.75 Å². The van der Waals surface area contributed by atoms with Gasteiger partial charge in [0.25, 0.3) is 0 Å². The fraction of sp³-hybridized carbons (Fsp3) is 0.353. The molecule has 10 nitrogen and oxygen atoms in total. The summed E-state index contributed by atoms with van der Waals surface area (Å²) in [7, 11) is 0. The number of aromatic nitrogens is 4. The number of aromatic hydroxyl groups is 1. The maximum absolute atomic E-state index is 10.2. The first-order valence-corrected chi connectivity index (χ1v) is 8.40. The molecule has 5 N–H and O–H groups in total. The number of nitrogens with one attached hydrogen (secondary N) is 1. The van der Waals surface area contributed by atoms with Crippen LogP contribution in [0.25, 0.3) is 11.2 Å². The zero-order chi connectivity index (χ0) is 19.0. The zero-order valence-electron chi connectivity index (χ0n) is 14.2. The van der Waals surface area contributed by atoms with Gasteiger partial charge in [0.1, 0.15) is 30.4 Å². The van der Waals surface area contributed by atoms with E-state index in [1.807, 2.05) is 6.07 Å². The lowest BCUT2D eigenvalue weighted by Gasteiger charge is -2.16. The second kappa shape index (κ2) is 7.08. The van der Waals surface area contributed by atoms with Crippen molar-refractivity contribution in [2.75, 3.05) is 11.9 Å². The Morgan fingerprint density at radius 2 is 2.00 bits per heavy atom. The van der Waals surface area contributed by atoms with E-state index in [2.05, 4.69) is 20.3 Å². The molecule has 4 atom stereocenters. The van der Waals surface area contributed by atoms with Crippen LogP contribution in [0.3, 0.4) is 0 Å². The van der Waals surface area contributed by atoms with Gasteiger partial charge in [0.2, 0.25) is 0 Å². The van der Waals surface area contributed by atoms with Crippen molar-refractivity contribution in [1.29, 1.82) is 0 Å². The Hall–Kier alpha value is -2.79. The van der Waals surface area contributed by atoms with Gasteiger partial charge in [-0.05, 0) is 17.7 Å². The maximum Gasteiger partial charge on any atom is 0.167 e. The van der Waals surface area contributed by atoms with Crippen LogP contribution in [0.2, 0.25) is 0 Å². The van der Waals surface area contributed by atoms with Crippen molar-refractivity contribution >= 4 is 17.0 Å². The van der Waals surface area contributed by atoms with Gasteiger partial charge < -0.3 is 30.5 Å². The minimum absolute atomic E-state index is 0.177. The number of rotatable bonds is 5. The number of anilines is 1. The number of aliphatic hydroxyl groups is 3. The van der Waals surface area contributed by atoms with Crippen LogP contribution in [0, 0.1) is 0 Å². The Morgan fingerprint density at radius 3 is 2.74 bits per heavy atom. The van der Waals surface area contributed by atoms with Gasteiger partial charge in [-0.15, -0.1) is 0 Å². The van der Waals surface area contributed by atoms with Crippen molar-refractivity contribution < 1.29 is 25.2 Å². The van der Waals surface area contributed by atoms with E-state index in [1.165, 1.54) is 17.2 Å². The number of aliphatic hydroxyl groups excluding tert-OH is 3. The molecule has 0 unspecified atom stereocenters. The first-order valence-electron chi connectivity index (χ1n) is 8.40. The van der Waals surface area contributed by atoms with Crippen molar-refractivity contribution in [1.82, 2.24) is 19.5 Å². The molecule has 1 aliphatic heterocycles. The molecule has 0 saturated carbocycles. The van der Waals surface area contributed by atoms with Gasteiger partial charge in [0.05, 0.1) is 12.9 Å². The molecular formula is C17H19N5O5. The largest absolute Gasteiger partial charge is 0.508 e. The molecule has 1 aliphatic rings. The molecule has 0 radical (unpaired) electrons. The van der Waals surface area contributed by atoms with Crippen LogP contribution in [-0.2, 0) is 11.3 Å². The number of benzene rings is 1. The molecule has 3 heterocycles. The van der Waals surface area contributed by atoms with Crippen molar-refractivity contribution in [3.63, 3.8) is 0 Å². The average Bonchev–Trinajstić information content (AvgIpc) is 3.22. The third kappa shape index (κ3) is 3.19. The molecule has 3 aromatic rings. The van der Waals surface area contributed by atoms with Crippen LogP contribution in [0.4, 0.5) is 5.82 Å². The summed E-state index contributed by atoms with van der Waals surface area (Å²) >= 11 is 0. The quantitative estimate of drug-likeness (QED) is 0.409. The molecule has 142 valence electrons. The Balaban J connectivity index is 1.60. The minimum atomic E-state index is -1.22. The smallest absolute Gasteiger partial charge is 0.167 e. The molecular weight excluding hydrogens is 354 g/mol. The first kappa shape index (κ1) is 17.6. The molecule has 0 bridgehead atoms. The van der Waals surface area contributed by atoms with Crippen LogP contribution in [0.15, 0.2) is 36.9 Å². The summed E-state index contributed by atoms with van der Waals surface area (Å²) in [5, 5.41) is 42.1. The topological polar surface area (TPSA) is 146 Å². The molecule has 27 heavy (non-hydrogen) atoms. The number of phenolic OH excluding ortho intramolecular Hbond substituents is 1. The second-order valence-electron chi connectivity index (χ2n) is 6.30.